The molecule has 5 nitrogen and oxygen atoms in total. The van der Waals surface area contributed by atoms with Crippen molar-refractivity contribution in [2.75, 3.05) is 23.9 Å². The van der Waals surface area contributed by atoms with Crippen LogP contribution in [0.1, 0.15) is 12.0 Å². The van der Waals surface area contributed by atoms with Gasteiger partial charge in [-0.3, -0.25) is 9.59 Å². The van der Waals surface area contributed by atoms with Crippen LogP contribution in [0.25, 0.3) is 0 Å². The summed E-state index contributed by atoms with van der Waals surface area (Å²) in [6.45, 7) is 2.28. The highest BCUT2D eigenvalue weighted by atomic mass is 79.9. The molecule has 1 aliphatic heterocycles. The van der Waals surface area contributed by atoms with Crippen LogP contribution >= 0.6 is 15.9 Å². The van der Waals surface area contributed by atoms with Gasteiger partial charge in [-0.15, -0.1) is 0 Å². The van der Waals surface area contributed by atoms with Crippen LogP contribution in [0.2, 0.25) is 0 Å². The molecule has 0 spiro atoms. The van der Waals surface area contributed by atoms with Gasteiger partial charge in [-0.1, -0.05) is 28.1 Å². The molecule has 2 amide bonds. The van der Waals surface area contributed by atoms with Crippen molar-refractivity contribution in [3.63, 3.8) is 0 Å². The monoisotopic (exact) mass is 402 g/mol. The number of aryl methyl sites for hydroxylation is 1. The number of ether oxygens (including phenoxy) is 1. The summed E-state index contributed by atoms with van der Waals surface area (Å²) in [5, 5.41) is 2.93. The number of hydrogen-bond acceptors (Lipinski definition) is 3. The van der Waals surface area contributed by atoms with E-state index < -0.39 is 0 Å². The standard InChI is InChI=1S/C19H19BrN2O3/c1-12-9-14(20)7-8-15(12)21-19(24)13-10-18(23)22(11-13)16-5-3-4-6-17(16)25-2/h3-9,13H,10-11H2,1-2H3,(H,21,24)/t13-/m1/s1. The van der Waals surface area contributed by atoms with Crippen molar-refractivity contribution in [3.8, 4) is 5.75 Å². The summed E-state index contributed by atoms with van der Waals surface area (Å²) < 4.78 is 6.29. The van der Waals surface area contributed by atoms with Crippen LogP contribution < -0.4 is 15.0 Å². The lowest BCUT2D eigenvalue weighted by Gasteiger charge is -2.19. The topological polar surface area (TPSA) is 58.6 Å². The minimum atomic E-state index is -0.388. The van der Waals surface area contributed by atoms with Crippen LogP contribution in [0, 0.1) is 12.8 Å². The van der Waals surface area contributed by atoms with Crippen LogP contribution in [0.15, 0.2) is 46.9 Å². The average molecular weight is 403 g/mol. The predicted molar refractivity (Wildman–Crippen MR) is 101 cm³/mol. The Kier molecular flexibility index (Phi) is 5.08. The summed E-state index contributed by atoms with van der Waals surface area (Å²) >= 11 is 3.41. The number of methoxy groups -OCH3 is 1. The Morgan fingerprint density at radius 3 is 2.76 bits per heavy atom. The summed E-state index contributed by atoms with van der Waals surface area (Å²) in [5.74, 6) is 0.0227. The zero-order valence-corrected chi connectivity index (χ0v) is 15.7. The number of amides is 2. The Bertz CT molecular complexity index is 822. The smallest absolute Gasteiger partial charge is 0.229 e. The number of para-hydroxylation sites is 2. The van der Waals surface area contributed by atoms with Gasteiger partial charge in [0.25, 0.3) is 0 Å². The Morgan fingerprint density at radius 2 is 2.04 bits per heavy atom. The van der Waals surface area contributed by atoms with E-state index in [9.17, 15) is 9.59 Å². The zero-order valence-electron chi connectivity index (χ0n) is 14.1. The van der Waals surface area contributed by atoms with Crippen LogP contribution in [-0.4, -0.2) is 25.5 Å². The molecule has 1 fully saturated rings. The number of halogens is 1. The number of nitrogens with one attached hydrogen (secondary N) is 1. The first-order valence-corrected chi connectivity index (χ1v) is 8.79. The third-order valence-corrected chi connectivity index (χ3v) is 4.81. The van der Waals surface area contributed by atoms with Crippen LogP contribution in [0.3, 0.4) is 0 Å². The van der Waals surface area contributed by atoms with E-state index in [1.54, 1.807) is 18.1 Å². The minimum absolute atomic E-state index is 0.0721. The highest BCUT2D eigenvalue weighted by Gasteiger charge is 2.36. The van der Waals surface area contributed by atoms with Gasteiger partial charge >= 0.3 is 0 Å². The molecule has 0 aliphatic carbocycles. The van der Waals surface area contributed by atoms with E-state index in [1.807, 2.05) is 43.3 Å². The molecule has 0 aromatic heterocycles. The van der Waals surface area contributed by atoms with Crippen molar-refractivity contribution < 1.29 is 14.3 Å². The first kappa shape index (κ1) is 17.5. The van der Waals surface area contributed by atoms with Gasteiger partial charge < -0.3 is 15.0 Å². The van der Waals surface area contributed by atoms with E-state index in [2.05, 4.69) is 21.2 Å². The lowest BCUT2D eigenvalue weighted by molar-refractivity contribution is -0.122. The number of nitrogens with zero attached hydrogens (tertiary/aromatic N) is 1. The molecular formula is C19H19BrN2O3. The van der Waals surface area contributed by atoms with E-state index in [-0.39, 0.29) is 24.2 Å². The Balaban J connectivity index is 1.74. The maximum Gasteiger partial charge on any atom is 0.229 e. The SMILES string of the molecule is COc1ccccc1N1C[C@H](C(=O)Nc2ccc(Br)cc2C)CC1=O. The van der Waals surface area contributed by atoms with Crippen molar-refractivity contribution in [2.45, 2.75) is 13.3 Å². The number of benzene rings is 2. The molecular weight excluding hydrogens is 384 g/mol. The largest absolute Gasteiger partial charge is 0.495 e. The van der Waals surface area contributed by atoms with Crippen LogP contribution in [0.4, 0.5) is 11.4 Å². The molecule has 0 radical (unpaired) electrons. The molecule has 130 valence electrons. The fraction of sp³-hybridized carbons (Fsp3) is 0.263. The second kappa shape index (κ2) is 7.27. The normalized spacial score (nSPS) is 16.8. The second-order valence-electron chi connectivity index (χ2n) is 6.03. The molecule has 1 heterocycles. The Labute approximate surface area is 155 Å². The number of anilines is 2. The number of carbonyl (C=O) groups is 2. The van der Waals surface area contributed by atoms with Crippen molar-refractivity contribution >= 4 is 39.1 Å². The molecule has 2 aromatic carbocycles. The summed E-state index contributed by atoms with van der Waals surface area (Å²) in [5.41, 5.74) is 2.43. The maximum absolute atomic E-state index is 12.6. The summed E-state index contributed by atoms with van der Waals surface area (Å²) in [4.78, 5) is 26.6. The van der Waals surface area contributed by atoms with Gasteiger partial charge in [-0.2, -0.15) is 0 Å². The lowest BCUT2D eigenvalue weighted by atomic mass is 10.1. The van der Waals surface area contributed by atoms with Gasteiger partial charge in [0, 0.05) is 23.1 Å². The molecule has 0 bridgehead atoms. The molecule has 0 saturated carbocycles. The highest BCUT2D eigenvalue weighted by molar-refractivity contribution is 9.10. The van der Waals surface area contributed by atoms with E-state index in [0.717, 1.165) is 15.7 Å². The average Bonchev–Trinajstić information content (AvgIpc) is 2.99. The van der Waals surface area contributed by atoms with Crippen molar-refractivity contribution in [3.05, 3.63) is 52.5 Å². The fourth-order valence-corrected chi connectivity index (χ4v) is 3.45. The molecule has 1 saturated heterocycles. The van der Waals surface area contributed by atoms with Gasteiger partial charge in [0.1, 0.15) is 5.75 Å². The quantitative estimate of drug-likeness (QED) is 0.846. The second-order valence-corrected chi connectivity index (χ2v) is 6.94. The fourth-order valence-electron chi connectivity index (χ4n) is 2.97. The minimum Gasteiger partial charge on any atom is -0.495 e. The molecule has 6 heteroatoms. The van der Waals surface area contributed by atoms with Crippen molar-refractivity contribution in [1.82, 2.24) is 0 Å². The third-order valence-electron chi connectivity index (χ3n) is 4.32. The first-order valence-electron chi connectivity index (χ1n) is 8.00. The maximum atomic E-state index is 12.6. The van der Waals surface area contributed by atoms with Gasteiger partial charge in [0.2, 0.25) is 11.8 Å². The molecule has 25 heavy (non-hydrogen) atoms. The molecule has 2 aromatic rings. The van der Waals surface area contributed by atoms with E-state index >= 15 is 0 Å². The van der Waals surface area contributed by atoms with Crippen molar-refractivity contribution in [2.24, 2.45) is 5.92 Å². The van der Waals surface area contributed by atoms with Gasteiger partial charge in [-0.25, -0.2) is 0 Å². The zero-order chi connectivity index (χ0) is 18.0. The Hall–Kier alpha value is -2.34. The van der Waals surface area contributed by atoms with E-state index in [0.29, 0.717) is 18.0 Å². The van der Waals surface area contributed by atoms with Gasteiger partial charge in [0.05, 0.1) is 18.7 Å². The number of carbonyl (C=O) groups excluding carboxylic acids is 2. The molecule has 3 rings (SSSR count). The summed E-state index contributed by atoms with van der Waals surface area (Å²) in [6, 6.07) is 13.0. The number of hydrogen-bond donors (Lipinski definition) is 1. The predicted octanol–water partition coefficient (Wildman–Crippen LogP) is 3.76. The summed E-state index contributed by atoms with van der Waals surface area (Å²) in [7, 11) is 1.57. The van der Waals surface area contributed by atoms with Crippen molar-refractivity contribution in [1.29, 1.82) is 0 Å². The van der Waals surface area contributed by atoms with Crippen LogP contribution in [-0.2, 0) is 9.59 Å². The van der Waals surface area contributed by atoms with E-state index in [1.165, 1.54) is 0 Å². The summed E-state index contributed by atoms with van der Waals surface area (Å²) in [6.07, 6.45) is 0.194. The van der Waals surface area contributed by atoms with E-state index in [4.69, 9.17) is 4.74 Å². The highest BCUT2D eigenvalue weighted by Crippen LogP contribution is 2.33. The molecule has 1 aliphatic rings. The molecule has 0 unspecified atom stereocenters. The lowest BCUT2D eigenvalue weighted by Crippen LogP contribution is -2.28. The molecule has 1 atom stereocenters. The van der Waals surface area contributed by atoms with Crippen LogP contribution in [0.5, 0.6) is 5.75 Å². The molecule has 1 N–H and O–H groups in total. The Morgan fingerprint density at radius 1 is 1.28 bits per heavy atom. The van der Waals surface area contributed by atoms with Gasteiger partial charge in [0.15, 0.2) is 0 Å². The first-order chi connectivity index (χ1) is 12.0. The number of rotatable bonds is 4. The van der Waals surface area contributed by atoms with Gasteiger partial charge in [-0.05, 0) is 42.8 Å². The third kappa shape index (κ3) is 3.69.